The first kappa shape index (κ1) is 20.8. The SMILES string of the molecule is CC(=O)OC[C@]1(C)CCC(=O)[C@]2(C)C3=C(C(O)=C(C(C)C)C(=O)C3)[C@H](O)C[C@@H]12. The van der Waals surface area contributed by atoms with E-state index in [1.807, 2.05) is 27.7 Å². The second kappa shape index (κ2) is 6.83. The maximum Gasteiger partial charge on any atom is 0.302 e. The molecule has 1 saturated carbocycles. The predicted octanol–water partition coefficient (Wildman–Crippen LogP) is 3.04. The summed E-state index contributed by atoms with van der Waals surface area (Å²) in [5.74, 6) is -1.17. The van der Waals surface area contributed by atoms with E-state index in [4.69, 9.17) is 4.74 Å². The number of aliphatic hydroxyl groups excluding tert-OH is 2. The van der Waals surface area contributed by atoms with Crippen LogP contribution in [0.25, 0.3) is 0 Å². The van der Waals surface area contributed by atoms with Crippen molar-refractivity contribution >= 4 is 17.5 Å². The number of carbonyl (C=O) groups excluding carboxylic acids is 3. The summed E-state index contributed by atoms with van der Waals surface area (Å²) in [6.07, 6.45) is 0.224. The molecule has 0 unspecified atom stereocenters. The molecule has 0 aromatic carbocycles. The van der Waals surface area contributed by atoms with Crippen LogP contribution in [0, 0.1) is 22.7 Å². The van der Waals surface area contributed by atoms with E-state index in [1.165, 1.54) is 6.92 Å². The van der Waals surface area contributed by atoms with Gasteiger partial charge in [-0.3, -0.25) is 14.4 Å². The topological polar surface area (TPSA) is 101 Å². The van der Waals surface area contributed by atoms with Crippen molar-refractivity contribution in [2.45, 2.75) is 66.4 Å². The van der Waals surface area contributed by atoms with Crippen molar-refractivity contribution in [3.8, 4) is 0 Å². The molecule has 0 saturated heterocycles. The Morgan fingerprint density at radius 3 is 2.50 bits per heavy atom. The average Bonchev–Trinajstić information content (AvgIpc) is 2.59. The van der Waals surface area contributed by atoms with Gasteiger partial charge >= 0.3 is 5.97 Å². The summed E-state index contributed by atoms with van der Waals surface area (Å²) in [7, 11) is 0. The molecule has 3 rings (SSSR count). The van der Waals surface area contributed by atoms with E-state index in [-0.39, 0.29) is 54.6 Å². The van der Waals surface area contributed by atoms with Gasteiger partial charge in [0.15, 0.2) is 5.78 Å². The van der Waals surface area contributed by atoms with Crippen LogP contribution in [0.3, 0.4) is 0 Å². The molecule has 0 spiro atoms. The molecular weight excluding hydrogens is 360 g/mol. The Bertz CT molecular complexity index is 804. The van der Waals surface area contributed by atoms with Gasteiger partial charge in [-0.15, -0.1) is 0 Å². The molecule has 3 aliphatic rings. The first-order valence-electron chi connectivity index (χ1n) is 9.98. The number of ketones is 2. The minimum absolute atomic E-state index is 0.0193. The van der Waals surface area contributed by atoms with Crippen LogP contribution in [0.15, 0.2) is 22.5 Å². The summed E-state index contributed by atoms with van der Waals surface area (Å²) in [6, 6.07) is 0. The monoisotopic (exact) mass is 390 g/mol. The standard InChI is InChI=1S/C22H30O6/c1-11(2)18-14(24)8-13-19(20(18)27)15(25)9-16-21(4,10-28-12(3)23)7-6-17(26)22(13,16)5/h11,15-16,25,27H,6-10H2,1-5H3/t15-,16+,21+,22-/m1/s1. The molecule has 0 heterocycles. The van der Waals surface area contributed by atoms with Gasteiger partial charge in [0.25, 0.3) is 0 Å². The number of rotatable bonds is 3. The minimum Gasteiger partial charge on any atom is -0.507 e. The lowest BCUT2D eigenvalue weighted by Crippen LogP contribution is -2.56. The normalized spacial score (nSPS) is 35.8. The fourth-order valence-electron chi connectivity index (χ4n) is 5.59. The van der Waals surface area contributed by atoms with Crippen molar-refractivity contribution in [1.82, 2.24) is 0 Å². The average molecular weight is 390 g/mol. The van der Waals surface area contributed by atoms with Gasteiger partial charge in [-0.25, -0.2) is 0 Å². The second-order valence-electron chi connectivity index (χ2n) is 9.27. The molecule has 6 nitrogen and oxygen atoms in total. The van der Waals surface area contributed by atoms with Gasteiger partial charge in [-0.1, -0.05) is 20.8 Å². The highest BCUT2D eigenvalue weighted by Crippen LogP contribution is 2.60. The van der Waals surface area contributed by atoms with Crippen molar-refractivity contribution in [1.29, 1.82) is 0 Å². The smallest absolute Gasteiger partial charge is 0.302 e. The Kier molecular flexibility index (Phi) is 5.07. The Labute approximate surface area is 165 Å². The van der Waals surface area contributed by atoms with Crippen LogP contribution in [0.4, 0.5) is 0 Å². The zero-order valence-electron chi connectivity index (χ0n) is 17.3. The van der Waals surface area contributed by atoms with E-state index < -0.39 is 16.9 Å². The number of hydrogen-bond acceptors (Lipinski definition) is 6. The van der Waals surface area contributed by atoms with Crippen LogP contribution in [0.5, 0.6) is 0 Å². The van der Waals surface area contributed by atoms with Crippen molar-refractivity contribution in [3.05, 3.63) is 22.5 Å². The molecule has 4 atom stereocenters. The number of ether oxygens (including phenoxy) is 1. The number of carbonyl (C=O) groups is 3. The molecule has 3 aliphatic carbocycles. The summed E-state index contributed by atoms with van der Waals surface area (Å²) in [5.41, 5.74) is -0.234. The molecule has 154 valence electrons. The van der Waals surface area contributed by atoms with E-state index in [1.54, 1.807) is 0 Å². The van der Waals surface area contributed by atoms with E-state index in [0.29, 0.717) is 29.6 Å². The summed E-state index contributed by atoms with van der Waals surface area (Å²) in [6.45, 7) is 8.98. The summed E-state index contributed by atoms with van der Waals surface area (Å²) in [5, 5.41) is 21.8. The quantitative estimate of drug-likeness (QED) is 0.719. The Morgan fingerprint density at radius 2 is 1.93 bits per heavy atom. The largest absolute Gasteiger partial charge is 0.507 e. The van der Waals surface area contributed by atoms with Crippen molar-refractivity contribution in [3.63, 3.8) is 0 Å². The van der Waals surface area contributed by atoms with E-state index in [2.05, 4.69) is 0 Å². The van der Waals surface area contributed by atoms with Crippen LogP contribution in [-0.4, -0.2) is 40.5 Å². The van der Waals surface area contributed by atoms with Gasteiger partial charge in [0, 0.05) is 36.3 Å². The van der Waals surface area contributed by atoms with Crippen LogP contribution in [-0.2, 0) is 19.1 Å². The maximum atomic E-state index is 13.1. The lowest BCUT2D eigenvalue weighted by atomic mass is 9.47. The highest BCUT2D eigenvalue weighted by molar-refractivity contribution is 6.02. The van der Waals surface area contributed by atoms with Gasteiger partial charge in [0.05, 0.1) is 18.1 Å². The second-order valence-corrected chi connectivity index (χ2v) is 9.27. The molecule has 1 fully saturated rings. The van der Waals surface area contributed by atoms with E-state index in [9.17, 15) is 24.6 Å². The molecular formula is C22H30O6. The Hall–Kier alpha value is -1.95. The first-order chi connectivity index (χ1) is 12.9. The fraction of sp³-hybridized carbons (Fsp3) is 0.682. The first-order valence-corrected chi connectivity index (χ1v) is 9.98. The van der Waals surface area contributed by atoms with Crippen LogP contribution < -0.4 is 0 Å². The zero-order valence-corrected chi connectivity index (χ0v) is 17.3. The molecule has 0 aromatic rings. The fourth-order valence-corrected chi connectivity index (χ4v) is 5.59. The highest BCUT2D eigenvalue weighted by atomic mass is 16.5. The molecule has 0 bridgehead atoms. The summed E-state index contributed by atoms with van der Waals surface area (Å²) < 4.78 is 5.30. The number of Topliss-reactive ketones (excluding diaryl/α,β-unsaturated/α-hetero) is 2. The molecule has 0 amide bonds. The molecule has 0 radical (unpaired) electrons. The van der Waals surface area contributed by atoms with Crippen LogP contribution in [0.1, 0.15) is 60.3 Å². The van der Waals surface area contributed by atoms with Gasteiger partial charge in [-0.2, -0.15) is 0 Å². The third kappa shape index (κ3) is 2.93. The molecule has 6 heteroatoms. The zero-order chi connectivity index (χ0) is 21.0. The van der Waals surface area contributed by atoms with Crippen molar-refractivity contribution < 1.29 is 29.3 Å². The third-order valence-electron chi connectivity index (χ3n) is 7.12. The molecule has 0 aliphatic heterocycles. The third-order valence-corrected chi connectivity index (χ3v) is 7.12. The predicted molar refractivity (Wildman–Crippen MR) is 102 cm³/mol. The number of hydrogen-bond donors (Lipinski definition) is 2. The van der Waals surface area contributed by atoms with Crippen LogP contribution in [0.2, 0.25) is 0 Å². The lowest BCUT2D eigenvalue weighted by Gasteiger charge is -2.56. The number of fused-ring (bicyclic) bond motifs is 2. The van der Waals surface area contributed by atoms with Crippen molar-refractivity contribution in [2.24, 2.45) is 22.7 Å². The maximum absolute atomic E-state index is 13.1. The Morgan fingerprint density at radius 1 is 1.29 bits per heavy atom. The van der Waals surface area contributed by atoms with Gasteiger partial charge in [0.2, 0.25) is 0 Å². The molecule has 0 aromatic heterocycles. The van der Waals surface area contributed by atoms with Crippen LogP contribution >= 0.6 is 0 Å². The van der Waals surface area contributed by atoms with Gasteiger partial charge < -0.3 is 14.9 Å². The Balaban J connectivity index is 2.15. The number of allylic oxidation sites excluding steroid dienone is 2. The number of esters is 1. The van der Waals surface area contributed by atoms with Crippen molar-refractivity contribution in [2.75, 3.05) is 6.61 Å². The lowest BCUT2D eigenvalue weighted by molar-refractivity contribution is -0.155. The van der Waals surface area contributed by atoms with E-state index in [0.717, 1.165) is 0 Å². The van der Waals surface area contributed by atoms with Gasteiger partial charge in [-0.05, 0) is 37.2 Å². The highest BCUT2D eigenvalue weighted by Gasteiger charge is 2.60. The summed E-state index contributed by atoms with van der Waals surface area (Å²) in [4.78, 5) is 37.3. The van der Waals surface area contributed by atoms with E-state index >= 15 is 0 Å². The number of aliphatic hydroxyl groups is 2. The minimum atomic E-state index is -0.964. The summed E-state index contributed by atoms with van der Waals surface area (Å²) >= 11 is 0. The van der Waals surface area contributed by atoms with Gasteiger partial charge in [0.1, 0.15) is 11.5 Å². The molecule has 2 N–H and O–H groups in total. The molecule has 28 heavy (non-hydrogen) atoms.